The van der Waals surface area contributed by atoms with Crippen molar-refractivity contribution < 1.29 is 33.4 Å². The number of amides is 2. The van der Waals surface area contributed by atoms with E-state index < -0.39 is 48.1 Å². The number of anilines is 1. The molecule has 5 aromatic rings. The second-order valence-electron chi connectivity index (χ2n) is 14.2. The summed E-state index contributed by atoms with van der Waals surface area (Å²) in [4.78, 5) is 69.3. The first-order chi connectivity index (χ1) is 29.1. The van der Waals surface area contributed by atoms with E-state index in [1.54, 1.807) is 37.3 Å². The van der Waals surface area contributed by atoms with Crippen molar-refractivity contribution in [2.75, 3.05) is 25.6 Å². The van der Waals surface area contributed by atoms with Gasteiger partial charge in [0, 0.05) is 34.4 Å². The lowest BCUT2D eigenvalue weighted by atomic mass is 10.00. The molecule has 4 aromatic carbocycles. The normalized spacial score (nSPS) is 14.6. The Hall–Kier alpha value is -6.75. The van der Waals surface area contributed by atoms with Crippen LogP contribution in [0.5, 0.6) is 5.75 Å². The van der Waals surface area contributed by atoms with Crippen molar-refractivity contribution in [2.24, 2.45) is 0 Å². The van der Waals surface area contributed by atoms with Crippen molar-refractivity contribution in [2.45, 2.75) is 57.5 Å². The molecule has 13 nitrogen and oxygen atoms in total. The molecule has 1 aromatic heterocycles. The van der Waals surface area contributed by atoms with Gasteiger partial charge in [-0.25, -0.2) is 9.59 Å². The van der Waals surface area contributed by atoms with Crippen LogP contribution in [0.25, 0.3) is 11.1 Å². The number of nitrogens with one attached hydrogen (secondary N) is 2. The zero-order valence-electron chi connectivity index (χ0n) is 33.1. The van der Waals surface area contributed by atoms with Gasteiger partial charge in [0.15, 0.2) is 6.04 Å². The number of esters is 2. The zero-order chi connectivity index (χ0) is 42.6. The van der Waals surface area contributed by atoms with Crippen molar-refractivity contribution >= 4 is 41.0 Å². The first-order valence-electron chi connectivity index (χ1n) is 19.5. The number of nitrogens with zero attached hydrogens (tertiary/aromatic N) is 3. The molecular formula is C46H44ClN5O8. The van der Waals surface area contributed by atoms with Crippen LogP contribution in [0, 0.1) is 11.3 Å². The van der Waals surface area contributed by atoms with Gasteiger partial charge in [-0.1, -0.05) is 79.2 Å². The lowest BCUT2D eigenvalue weighted by molar-refractivity contribution is -0.150. The third-order valence-electron chi connectivity index (χ3n) is 10.2. The zero-order valence-corrected chi connectivity index (χ0v) is 33.9. The molecule has 0 aliphatic carbocycles. The third kappa shape index (κ3) is 10.6. The number of rotatable bonds is 16. The number of ether oxygens (including phenoxy) is 3. The number of halogens is 1. The molecule has 0 saturated carbocycles. The molecule has 1 aliphatic heterocycles. The smallest absolute Gasteiger partial charge is 0.338 e. The summed E-state index contributed by atoms with van der Waals surface area (Å²) in [7, 11) is 1.42. The fourth-order valence-electron chi connectivity index (χ4n) is 7.04. The van der Waals surface area contributed by atoms with Crippen molar-refractivity contribution in [3.05, 3.63) is 153 Å². The van der Waals surface area contributed by atoms with Crippen LogP contribution in [0.4, 0.5) is 5.69 Å². The van der Waals surface area contributed by atoms with Crippen LogP contribution in [0.1, 0.15) is 59.3 Å². The molecule has 2 amide bonds. The van der Waals surface area contributed by atoms with Crippen LogP contribution in [-0.2, 0) is 37.0 Å². The summed E-state index contributed by atoms with van der Waals surface area (Å²) in [6.45, 7) is 2.53. The van der Waals surface area contributed by atoms with Crippen molar-refractivity contribution in [3.63, 3.8) is 0 Å². The van der Waals surface area contributed by atoms with Gasteiger partial charge in [0.05, 0.1) is 36.5 Å². The Morgan fingerprint density at radius 3 is 2.27 bits per heavy atom. The minimum Gasteiger partial charge on any atom is -0.495 e. The van der Waals surface area contributed by atoms with Crippen molar-refractivity contribution in [1.29, 1.82) is 5.26 Å². The van der Waals surface area contributed by atoms with Gasteiger partial charge in [0.1, 0.15) is 25.0 Å². The fourth-order valence-corrected chi connectivity index (χ4v) is 7.22. The number of hydrogen-bond donors (Lipinski definition) is 2. The summed E-state index contributed by atoms with van der Waals surface area (Å²) >= 11 is 6.19. The Morgan fingerprint density at radius 2 is 1.60 bits per heavy atom. The third-order valence-corrected chi connectivity index (χ3v) is 10.4. The Balaban J connectivity index is 1.11. The highest BCUT2D eigenvalue weighted by molar-refractivity contribution is 6.31. The SMILES string of the molecule is CCC(C(=O)Nc1ccc(C(=O)OCC(NC(=O)[C@@H]2CCCN2Cc2ccccc2)C(=O)OCc2ccccc2)cc1)n1cc(OC)c(-c2cc(Cl)ccc2C#N)cc1=O. The van der Waals surface area contributed by atoms with Gasteiger partial charge in [-0.15, -0.1) is 0 Å². The van der Waals surface area contributed by atoms with Gasteiger partial charge in [-0.3, -0.25) is 23.9 Å². The minimum absolute atomic E-state index is 0.0324. The summed E-state index contributed by atoms with van der Waals surface area (Å²) in [5, 5.41) is 15.6. The van der Waals surface area contributed by atoms with Crippen LogP contribution in [-0.4, -0.2) is 65.6 Å². The van der Waals surface area contributed by atoms with E-state index in [-0.39, 0.29) is 30.2 Å². The largest absolute Gasteiger partial charge is 0.495 e. The molecule has 60 heavy (non-hydrogen) atoms. The maximum absolute atomic E-state index is 13.6. The summed E-state index contributed by atoms with van der Waals surface area (Å²) in [6, 6.07) is 30.2. The molecular weight excluding hydrogens is 786 g/mol. The topological polar surface area (TPSA) is 169 Å². The number of methoxy groups -OCH3 is 1. The van der Waals surface area contributed by atoms with E-state index in [1.807, 2.05) is 48.5 Å². The second kappa shape index (κ2) is 20.3. The number of carbonyl (C=O) groups excluding carboxylic acids is 4. The number of pyridine rings is 1. The molecule has 308 valence electrons. The molecule has 2 N–H and O–H groups in total. The molecule has 2 unspecified atom stereocenters. The van der Waals surface area contributed by atoms with Crippen LogP contribution in [0.15, 0.2) is 120 Å². The Labute approximate surface area is 352 Å². The molecule has 3 atom stereocenters. The van der Waals surface area contributed by atoms with Crippen LogP contribution in [0.2, 0.25) is 5.02 Å². The van der Waals surface area contributed by atoms with Crippen molar-refractivity contribution in [3.8, 4) is 22.9 Å². The van der Waals surface area contributed by atoms with Crippen LogP contribution in [0.3, 0.4) is 0 Å². The number of likely N-dealkylation sites (tertiary alicyclic amines) is 1. The number of nitriles is 1. The van der Waals surface area contributed by atoms with Crippen LogP contribution >= 0.6 is 11.6 Å². The average Bonchev–Trinajstić information content (AvgIpc) is 3.73. The highest BCUT2D eigenvalue weighted by Gasteiger charge is 2.34. The summed E-state index contributed by atoms with van der Waals surface area (Å²) in [6.07, 6.45) is 3.09. The van der Waals surface area contributed by atoms with E-state index in [4.69, 9.17) is 25.8 Å². The molecule has 1 saturated heterocycles. The van der Waals surface area contributed by atoms with Gasteiger partial charge < -0.3 is 24.8 Å². The van der Waals surface area contributed by atoms with Gasteiger partial charge in [0.25, 0.3) is 5.56 Å². The molecule has 1 fully saturated rings. The van der Waals surface area contributed by atoms with Crippen molar-refractivity contribution in [1.82, 2.24) is 14.8 Å². The highest BCUT2D eigenvalue weighted by atomic mass is 35.5. The summed E-state index contributed by atoms with van der Waals surface area (Å²) < 4.78 is 17.9. The maximum atomic E-state index is 13.6. The van der Waals surface area contributed by atoms with Gasteiger partial charge in [-0.2, -0.15) is 5.26 Å². The molecule has 14 heteroatoms. The molecule has 1 aliphatic rings. The predicted octanol–water partition coefficient (Wildman–Crippen LogP) is 6.69. The first kappa shape index (κ1) is 42.8. The van der Waals surface area contributed by atoms with E-state index >= 15 is 0 Å². The van der Waals surface area contributed by atoms with E-state index in [0.717, 1.165) is 24.1 Å². The minimum atomic E-state index is -1.27. The van der Waals surface area contributed by atoms with E-state index in [2.05, 4.69) is 21.6 Å². The van der Waals surface area contributed by atoms with E-state index in [0.29, 0.717) is 40.4 Å². The lowest BCUT2D eigenvalue weighted by Crippen LogP contribution is -2.51. The quantitative estimate of drug-likeness (QED) is 0.102. The summed E-state index contributed by atoms with van der Waals surface area (Å²) in [5.41, 5.74) is 2.86. The Morgan fingerprint density at radius 1 is 0.900 bits per heavy atom. The van der Waals surface area contributed by atoms with E-state index in [1.165, 1.54) is 48.2 Å². The molecule has 0 spiro atoms. The molecule has 6 rings (SSSR count). The maximum Gasteiger partial charge on any atom is 0.338 e. The lowest BCUT2D eigenvalue weighted by Gasteiger charge is -2.26. The average molecular weight is 830 g/mol. The fraction of sp³-hybridized carbons (Fsp3) is 0.261. The standard InChI is InChI=1S/C46H44ClN5O8/c1-3-39(52-27-41(58-2)37(24-42(52)53)36-23-34(47)19-16-33(36)25-48)43(54)49-35-20-17-32(18-21-35)45(56)60-29-38(46(57)59-28-31-13-8-5-9-14-31)50-44(55)40-15-10-22-51(40)26-30-11-6-4-7-12-30/h4-9,11-14,16-21,23-24,27,38-40H,3,10,15,22,26,28-29H2,1-2H3,(H,49,54)(H,50,55)/t38?,39?,40-/m0/s1. The van der Waals surface area contributed by atoms with Gasteiger partial charge in [0.2, 0.25) is 11.8 Å². The highest BCUT2D eigenvalue weighted by Crippen LogP contribution is 2.33. The number of hydrogen-bond acceptors (Lipinski definition) is 10. The predicted molar refractivity (Wildman–Crippen MR) is 225 cm³/mol. The first-order valence-corrected chi connectivity index (χ1v) is 19.8. The molecule has 0 bridgehead atoms. The Bertz CT molecular complexity index is 2420. The van der Waals surface area contributed by atoms with E-state index in [9.17, 15) is 29.2 Å². The van der Waals surface area contributed by atoms with Crippen LogP contribution < -0.4 is 20.9 Å². The van der Waals surface area contributed by atoms with Gasteiger partial charge >= 0.3 is 11.9 Å². The molecule has 2 heterocycles. The number of benzene rings is 4. The number of carbonyl (C=O) groups is 4. The summed E-state index contributed by atoms with van der Waals surface area (Å²) in [5.74, 6) is -2.12. The second-order valence-corrected chi connectivity index (χ2v) is 14.6. The molecule has 0 radical (unpaired) electrons. The monoisotopic (exact) mass is 829 g/mol. The van der Waals surface area contributed by atoms with Gasteiger partial charge in [-0.05, 0) is 79.4 Å². The number of aromatic nitrogens is 1. The Kier molecular flexibility index (Phi) is 14.5.